The molecule has 1 saturated heterocycles. The van der Waals surface area contributed by atoms with Crippen LogP contribution in [-0.4, -0.2) is 49.3 Å². The first-order chi connectivity index (χ1) is 15.6. The minimum absolute atomic E-state index is 0.000361. The number of amides is 1. The van der Waals surface area contributed by atoms with Crippen molar-refractivity contribution in [1.29, 1.82) is 0 Å². The van der Waals surface area contributed by atoms with Gasteiger partial charge in [-0.3, -0.25) is 4.79 Å². The highest BCUT2D eigenvalue weighted by molar-refractivity contribution is 5.51. The molecule has 2 aromatic carbocycles. The highest BCUT2D eigenvalue weighted by Gasteiger charge is 2.46. The van der Waals surface area contributed by atoms with E-state index in [0.717, 1.165) is 24.1 Å². The molecule has 0 radical (unpaired) electrons. The number of benzene rings is 2. The smallest absolute Gasteiger partial charge is 0.416 e. The molecule has 0 unspecified atom stereocenters. The number of nitrogens with zero attached hydrogens (tertiary/aromatic N) is 1. The van der Waals surface area contributed by atoms with Gasteiger partial charge in [-0.1, -0.05) is 24.8 Å². The highest BCUT2D eigenvalue weighted by Crippen LogP contribution is 2.46. The monoisotopic (exact) mass is 461 g/mol. The fourth-order valence-corrected chi connectivity index (χ4v) is 4.06. The van der Waals surface area contributed by atoms with Crippen molar-refractivity contribution in [1.82, 2.24) is 4.90 Å². The van der Waals surface area contributed by atoms with E-state index < -0.39 is 23.3 Å². The van der Waals surface area contributed by atoms with Gasteiger partial charge in [0.2, 0.25) is 6.41 Å². The zero-order valence-electron chi connectivity index (χ0n) is 18.6. The summed E-state index contributed by atoms with van der Waals surface area (Å²) >= 11 is 0. The summed E-state index contributed by atoms with van der Waals surface area (Å²) in [5.41, 5.74) is 0.0964. The summed E-state index contributed by atoms with van der Waals surface area (Å²) in [6, 6.07) is 10.1. The van der Waals surface area contributed by atoms with Gasteiger partial charge in [0.25, 0.3) is 0 Å². The van der Waals surface area contributed by atoms with Crippen molar-refractivity contribution in [3.63, 3.8) is 0 Å². The summed E-state index contributed by atoms with van der Waals surface area (Å²) in [7, 11) is 1.51. The molecule has 0 spiro atoms. The van der Waals surface area contributed by atoms with Crippen LogP contribution in [0.15, 0.2) is 42.5 Å². The van der Waals surface area contributed by atoms with Crippen LogP contribution in [0, 0.1) is 17.3 Å². The van der Waals surface area contributed by atoms with Gasteiger partial charge in [0.05, 0.1) is 18.8 Å². The van der Waals surface area contributed by atoms with Gasteiger partial charge in [-0.05, 0) is 48.9 Å². The largest absolute Gasteiger partial charge is 0.493 e. The molecule has 0 saturated carbocycles. The molecular weight excluding hydrogens is 435 g/mol. The summed E-state index contributed by atoms with van der Waals surface area (Å²) in [4.78, 5) is 13.0. The lowest BCUT2D eigenvalue weighted by Crippen LogP contribution is -2.36. The topological polar surface area (TPSA) is 59.0 Å². The average molecular weight is 461 g/mol. The lowest BCUT2D eigenvalue weighted by molar-refractivity contribution is -0.137. The van der Waals surface area contributed by atoms with Crippen LogP contribution in [-0.2, 0) is 11.0 Å². The van der Waals surface area contributed by atoms with Gasteiger partial charge >= 0.3 is 6.18 Å². The molecule has 2 aromatic rings. The van der Waals surface area contributed by atoms with Crippen LogP contribution in [0.3, 0.4) is 0 Å². The van der Waals surface area contributed by atoms with Gasteiger partial charge in [-0.2, -0.15) is 13.2 Å². The molecule has 176 valence electrons. The van der Waals surface area contributed by atoms with E-state index in [1.165, 1.54) is 19.2 Å². The summed E-state index contributed by atoms with van der Waals surface area (Å²) in [6.07, 6.45) is -4.23. The normalized spacial score (nSPS) is 21.2. The molecule has 8 heteroatoms. The van der Waals surface area contributed by atoms with Crippen LogP contribution in [0.1, 0.15) is 36.5 Å². The molecule has 1 fully saturated rings. The van der Waals surface area contributed by atoms with Crippen LogP contribution < -0.4 is 9.47 Å². The fraction of sp³-hybridized carbons (Fsp3) is 0.400. The first kappa shape index (κ1) is 24.5. The Morgan fingerprint density at radius 3 is 2.52 bits per heavy atom. The van der Waals surface area contributed by atoms with Crippen LogP contribution in [0.25, 0.3) is 0 Å². The van der Waals surface area contributed by atoms with Gasteiger partial charge in [-0.25, -0.2) is 0 Å². The zero-order valence-corrected chi connectivity index (χ0v) is 18.6. The van der Waals surface area contributed by atoms with Gasteiger partial charge in [0, 0.05) is 30.0 Å². The van der Waals surface area contributed by atoms with Gasteiger partial charge < -0.3 is 19.5 Å². The highest BCUT2D eigenvalue weighted by atomic mass is 19.4. The molecule has 1 aliphatic rings. The molecule has 1 aliphatic heterocycles. The summed E-state index contributed by atoms with van der Waals surface area (Å²) in [5.74, 6) is 6.43. The minimum Gasteiger partial charge on any atom is -0.493 e. The Labute approximate surface area is 191 Å². The van der Waals surface area contributed by atoms with Crippen LogP contribution in [0.5, 0.6) is 11.5 Å². The lowest BCUT2D eigenvalue weighted by atomic mass is 9.72. The Balaban J connectivity index is 1.76. The van der Waals surface area contributed by atoms with Crippen molar-refractivity contribution in [2.75, 3.05) is 26.8 Å². The van der Waals surface area contributed by atoms with Crippen molar-refractivity contribution >= 4 is 6.41 Å². The van der Waals surface area contributed by atoms with E-state index in [9.17, 15) is 23.1 Å². The first-order valence-electron chi connectivity index (χ1n) is 10.4. The number of aliphatic hydroxyl groups is 1. The SMILES string of the molecule is COc1ccc([C@@H]2CN(C=O)C[C@@]2(C)[C@@H](C)O)cc1OCC#Cc1ccc(C(F)(F)F)cc1. The second-order valence-corrected chi connectivity index (χ2v) is 8.35. The number of ether oxygens (including phenoxy) is 2. The number of hydrogen-bond donors (Lipinski definition) is 1. The van der Waals surface area contributed by atoms with E-state index in [2.05, 4.69) is 11.8 Å². The molecule has 5 nitrogen and oxygen atoms in total. The Kier molecular flexibility index (Phi) is 7.23. The molecule has 3 atom stereocenters. The molecule has 3 rings (SSSR count). The predicted molar refractivity (Wildman–Crippen MR) is 117 cm³/mol. The third-order valence-corrected chi connectivity index (χ3v) is 6.20. The van der Waals surface area contributed by atoms with Gasteiger partial charge in [-0.15, -0.1) is 0 Å². The molecule has 33 heavy (non-hydrogen) atoms. The van der Waals surface area contributed by atoms with Crippen molar-refractivity contribution in [3.8, 4) is 23.3 Å². The Bertz CT molecular complexity index is 1040. The van der Waals surface area contributed by atoms with E-state index in [1.807, 2.05) is 19.1 Å². The Hall–Kier alpha value is -3.18. The third kappa shape index (κ3) is 5.42. The maximum Gasteiger partial charge on any atom is 0.416 e. The van der Waals surface area contributed by atoms with Crippen molar-refractivity contribution in [2.24, 2.45) is 5.41 Å². The van der Waals surface area contributed by atoms with E-state index >= 15 is 0 Å². The minimum atomic E-state index is -4.39. The van der Waals surface area contributed by atoms with E-state index in [-0.39, 0.29) is 12.5 Å². The third-order valence-electron chi connectivity index (χ3n) is 6.20. The number of methoxy groups -OCH3 is 1. The maximum absolute atomic E-state index is 12.7. The summed E-state index contributed by atoms with van der Waals surface area (Å²) in [5, 5.41) is 10.4. The molecule has 0 aromatic heterocycles. The maximum atomic E-state index is 12.7. The predicted octanol–water partition coefficient (Wildman–Crippen LogP) is 4.09. The second kappa shape index (κ2) is 9.75. The Morgan fingerprint density at radius 2 is 1.94 bits per heavy atom. The second-order valence-electron chi connectivity index (χ2n) is 8.35. The van der Waals surface area contributed by atoms with Crippen LogP contribution in [0.4, 0.5) is 13.2 Å². The number of carbonyl (C=O) groups is 1. The van der Waals surface area contributed by atoms with Crippen LogP contribution >= 0.6 is 0 Å². The number of halogens is 3. The van der Waals surface area contributed by atoms with Crippen LogP contribution in [0.2, 0.25) is 0 Å². The lowest BCUT2D eigenvalue weighted by Gasteiger charge is -2.33. The van der Waals surface area contributed by atoms with Crippen molar-refractivity contribution in [2.45, 2.75) is 32.0 Å². The Morgan fingerprint density at radius 1 is 1.24 bits per heavy atom. The molecule has 1 N–H and O–H groups in total. The van der Waals surface area contributed by atoms with E-state index in [0.29, 0.717) is 30.2 Å². The number of aliphatic hydroxyl groups excluding tert-OH is 1. The molecular formula is C25H26F3NO4. The van der Waals surface area contributed by atoms with Gasteiger partial charge in [0.1, 0.15) is 6.61 Å². The van der Waals surface area contributed by atoms with E-state index in [1.54, 1.807) is 17.9 Å². The number of likely N-dealkylation sites (tertiary alicyclic amines) is 1. The summed E-state index contributed by atoms with van der Waals surface area (Å²) < 4.78 is 49.1. The fourth-order valence-electron chi connectivity index (χ4n) is 4.06. The molecule has 1 heterocycles. The molecule has 1 amide bonds. The number of hydrogen-bond acceptors (Lipinski definition) is 4. The van der Waals surface area contributed by atoms with E-state index in [4.69, 9.17) is 9.47 Å². The quantitative estimate of drug-likeness (QED) is 0.520. The molecule has 0 aliphatic carbocycles. The number of rotatable bonds is 6. The van der Waals surface area contributed by atoms with Gasteiger partial charge in [0.15, 0.2) is 11.5 Å². The standard InChI is InChI=1S/C25H26F3NO4/c1-17(31)24(2)15-29(16-30)14-21(24)19-8-11-22(32-3)23(13-19)33-12-4-5-18-6-9-20(10-7-18)25(26,27)28/h6-11,13,16-17,21,31H,12,14-15H2,1-3H3/t17-,21+,24+/m1/s1. The average Bonchev–Trinajstić information content (AvgIpc) is 3.14. The van der Waals surface area contributed by atoms with Crippen molar-refractivity contribution < 1.29 is 32.5 Å². The number of alkyl halides is 3. The summed E-state index contributed by atoms with van der Waals surface area (Å²) in [6.45, 7) is 4.59. The zero-order chi connectivity index (χ0) is 24.2. The van der Waals surface area contributed by atoms with Crippen molar-refractivity contribution in [3.05, 3.63) is 59.2 Å². The number of carbonyl (C=O) groups excluding carboxylic acids is 1. The first-order valence-corrected chi connectivity index (χ1v) is 10.4. The molecule has 0 bridgehead atoms.